The third-order valence-corrected chi connectivity index (χ3v) is 3.29. The van der Waals surface area contributed by atoms with E-state index in [1.807, 2.05) is 18.5 Å². The molecule has 0 bridgehead atoms. The highest BCUT2D eigenvalue weighted by atomic mass is 32.2. The minimum atomic E-state index is -0.111. The van der Waals surface area contributed by atoms with Crippen molar-refractivity contribution >= 4 is 17.5 Å². The monoisotopic (exact) mass is 227 g/mol. The van der Waals surface area contributed by atoms with Crippen LogP contribution in [0.5, 0.6) is 0 Å². The van der Waals surface area contributed by atoms with Gasteiger partial charge in [-0.15, -0.1) is 0 Å². The van der Waals surface area contributed by atoms with Crippen molar-refractivity contribution in [2.75, 3.05) is 12.0 Å². The van der Waals surface area contributed by atoms with Crippen LogP contribution in [0.3, 0.4) is 0 Å². The lowest BCUT2D eigenvalue weighted by atomic mass is 9.89. The van der Waals surface area contributed by atoms with Crippen LogP contribution in [0.2, 0.25) is 0 Å². The summed E-state index contributed by atoms with van der Waals surface area (Å²) < 4.78 is 1.76. The molecule has 0 spiro atoms. The van der Waals surface area contributed by atoms with Crippen LogP contribution >= 0.6 is 11.8 Å². The maximum absolute atomic E-state index is 9.02. The van der Waals surface area contributed by atoms with Gasteiger partial charge in [0.05, 0.1) is 12.3 Å². The van der Waals surface area contributed by atoms with Gasteiger partial charge in [-0.3, -0.25) is 4.68 Å². The van der Waals surface area contributed by atoms with E-state index < -0.39 is 0 Å². The zero-order valence-electron chi connectivity index (χ0n) is 9.34. The zero-order valence-corrected chi connectivity index (χ0v) is 10.2. The Morgan fingerprint density at radius 2 is 2.33 bits per heavy atom. The van der Waals surface area contributed by atoms with Gasteiger partial charge in [0, 0.05) is 23.6 Å². The van der Waals surface area contributed by atoms with Gasteiger partial charge in [0.15, 0.2) is 0 Å². The van der Waals surface area contributed by atoms with Gasteiger partial charge in [-0.1, -0.05) is 19.0 Å². The molecule has 4 nitrogen and oxygen atoms in total. The fourth-order valence-electron chi connectivity index (χ4n) is 1.37. The van der Waals surface area contributed by atoms with E-state index in [4.69, 9.17) is 5.21 Å². The van der Waals surface area contributed by atoms with Gasteiger partial charge in [-0.05, 0) is 12.3 Å². The van der Waals surface area contributed by atoms with Gasteiger partial charge in [0.25, 0.3) is 0 Å². The number of hydrogen-bond donors (Lipinski definition) is 1. The Labute approximate surface area is 94.4 Å². The highest BCUT2D eigenvalue weighted by molar-refractivity contribution is 7.98. The molecule has 15 heavy (non-hydrogen) atoms. The van der Waals surface area contributed by atoms with E-state index in [2.05, 4.69) is 24.1 Å². The van der Waals surface area contributed by atoms with Crippen LogP contribution in [-0.2, 0) is 6.54 Å². The molecule has 1 rings (SSSR count). The number of oxime groups is 1. The van der Waals surface area contributed by atoms with Gasteiger partial charge in [-0.25, -0.2) is 0 Å². The van der Waals surface area contributed by atoms with Gasteiger partial charge in [0.2, 0.25) is 0 Å². The number of rotatable bonds is 5. The van der Waals surface area contributed by atoms with Crippen LogP contribution in [0.1, 0.15) is 13.8 Å². The molecule has 0 saturated carbocycles. The number of hydrogen-bond acceptors (Lipinski definition) is 4. The van der Waals surface area contributed by atoms with Crippen molar-refractivity contribution in [3.05, 3.63) is 18.5 Å². The molecule has 1 aromatic rings. The number of thioether (sulfide) groups is 1. The van der Waals surface area contributed by atoms with Crippen molar-refractivity contribution in [3.63, 3.8) is 0 Å². The number of nitrogens with zero attached hydrogens (tertiary/aromatic N) is 3. The predicted octanol–water partition coefficient (Wildman–Crippen LogP) is 2.10. The topological polar surface area (TPSA) is 50.4 Å². The second-order valence-corrected chi connectivity index (χ2v) is 4.93. The first-order valence-electron chi connectivity index (χ1n) is 4.78. The zero-order chi connectivity index (χ0) is 11.3. The van der Waals surface area contributed by atoms with E-state index in [0.717, 1.165) is 11.5 Å². The minimum Gasteiger partial charge on any atom is -0.411 e. The molecule has 0 aliphatic carbocycles. The molecule has 0 unspecified atom stereocenters. The molecule has 0 atom stereocenters. The number of aromatic nitrogens is 2. The summed E-state index contributed by atoms with van der Waals surface area (Å²) in [7, 11) is 0. The van der Waals surface area contributed by atoms with E-state index in [-0.39, 0.29) is 5.41 Å². The Morgan fingerprint density at radius 1 is 1.60 bits per heavy atom. The average Bonchev–Trinajstić information content (AvgIpc) is 2.66. The third kappa shape index (κ3) is 3.27. The normalized spacial score (nSPS) is 13.1. The molecule has 1 N–H and O–H groups in total. The summed E-state index contributed by atoms with van der Waals surface area (Å²) in [6, 6.07) is 1.86. The van der Waals surface area contributed by atoms with Crippen LogP contribution in [0, 0.1) is 5.41 Å². The maximum atomic E-state index is 9.02. The second kappa shape index (κ2) is 5.21. The molecule has 0 fully saturated rings. The molecule has 5 heteroatoms. The van der Waals surface area contributed by atoms with Crippen LogP contribution in [0.15, 0.2) is 23.6 Å². The van der Waals surface area contributed by atoms with Crippen LogP contribution in [0.4, 0.5) is 0 Å². The van der Waals surface area contributed by atoms with E-state index >= 15 is 0 Å². The first-order valence-corrected chi connectivity index (χ1v) is 6.17. The molecule has 84 valence electrons. The summed E-state index contributed by atoms with van der Waals surface area (Å²) in [6.45, 7) is 4.68. The van der Waals surface area contributed by atoms with Gasteiger partial charge >= 0.3 is 0 Å². The van der Waals surface area contributed by atoms with E-state index in [0.29, 0.717) is 6.54 Å². The third-order valence-electron chi connectivity index (χ3n) is 2.28. The summed E-state index contributed by atoms with van der Waals surface area (Å²) in [6.07, 6.45) is 5.63. The van der Waals surface area contributed by atoms with Crippen molar-refractivity contribution in [3.8, 4) is 0 Å². The fourth-order valence-corrected chi connectivity index (χ4v) is 2.26. The first-order chi connectivity index (χ1) is 7.10. The average molecular weight is 227 g/mol. The van der Waals surface area contributed by atoms with E-state index in [9.17, 15) is 0 Å². The Kier molecular flexibility index (Phi) is 4.20. The van der Waals surface area contributed by atoms with Gasteiger partial charge < -0.3 is 5.21 Å². The minimum absolute atomic E-state index is 0.111. The first kappa shape index (κ1) is 12.1. The molecule has 0 radical (unpaired) electrons. The molecular weight excluding hydrogens is 210 g/mol. The molecule has 0 saturated heterocycles. The van der Waals surface area contributed by atoms with Crippen LogP contribution < -0.4 is 0 Å². The largest absolute Gasteiger partial charge is 0.411 e. The summed E-state index contributed by atoms with van der Waals surface area (Å²) in [5, 5.41) is 16.5. The second-order valence-electron chi connectivity index (χ2n) is 4.07. The van der Waals surface area contributed by atoms with Crippen LogP contribution in [-0.4, -0.2) is 32.7 Å². The van der Waals surface area contributed by atoms with Crippen molar-refractivity contribution in [2.45, 2.75) is 20.4 Å². The molecule has 0 aliphatic heterocycles. The Bertz CT molecular complexity index is 319. The quantitative estimate of drug-likeness (QED) is 0.476. The predicted molar refractivity (Wildman–Crippen MR) is 63.6 cm³/mol. The van der Waals surface area contributed by atoms with Crippen molar-refractivity contribution in [1.29, 1.82) is 0 Å². The lowest BCUT2D eigenvalue weighted by molar-refractivity contribution is 0.307. The Morgan fingerprint density at radius 3 is 2.80 bits per heavy atom. The fraction of sp³-hybridized carbons (Fsp3) is 0.600. The van der Waals surface area contributed by atoms with Crippen molar-refractivity contribution in [2.24, 2.45) is 10.6 Å². The summed E-state index contributed by atoms with van der Waals surface area (Å²) in [5.74, 6) is 0.924. The lowest BCUT2D eigenvalue weighted by Crippen LogP contribution is -2.31. The molecular formula is C10H17N3OS. The standard InChI is InChI=1S/C10H17N3OS/c1-10(2,8-15-3)9(12-14)7-13-6-4-5-11-13/h4-6,14H,7-8H2,1-3H3. The molecule has 1 heterocycles. The SMILES string of the molecule is CSCC(C)(C)C(Cn1cccn1)=NO. The summed E-state index contributed by atoms with van der Waals surface area (Å²) in [5.41, 5.74) is 0.640. The van der Waals surface area contributed by atoms with E-state index in [1.165, 1.54) is 0 Å². The molecule has 0 aromatic carbocycles. The molecule has 0 amide bonds. The maximum Gasteiger partial charge on any atom is 0.0849 e. The Balaban J connectivity index is 2.72. The highest BCUT2D eigenvalue weighted by Crippen LogP contribution is 2.23. The van der Waals surface area contributed by atoms with Crippen molar-refractivity contribution in [1.82, 2.24) is 9.78 Å². The smallest absolute Gasteiger partial charge is 0.0849 e. The van der Waals surface area contributed by atoms with Crippen LogP contribution in [0.25, 0.3) is 0 Å². The van der Waals surface area contributed by atoms with Gasteiger partial charge in [0.1, 0.15) is 0 Å². The summed E-state index contributed by atoms with van der Waals surface area (Å²) >= 11 is 1.74. The lowest BCUT2D eigenvalue weighted by Gasteiger charge is -2.24. The van der Waals surface area contributed by atoms with Gasteiger partial charge in [-0.2, -0.15) is 16.9 Å². The molecule has 0 aliphatic rings. The highest BCUT2D eigenvalue weighted by Gasteiger charge is 2.25. The molecule has 1 aromatic heterocycles. The Hall–Kier alpha value is -0.970. The summed E-state index contributed by atoms with van der Waals surface area (Å²) in [4.78, 5) is 0. The van der Waals surface area contributed by atoms with E-state index in [1.54, 1.807) is 22.6 Å². The van der Waals surface area contributed by atoms with Crippen molar-refractivity contribution < 1.29 is 5.21 Å².